The Morgan fingerprint density at radius 2 is 1.57 bits per heavy atom. The van der Waals surface area contributed by atoms with E-state index in [1.54, 1.807) is 43.3 Å². The number of carbonyl (C=O) groups excluding carboxylic acids is 2. The summed E-state index contributed by atoms with van der Waals surface area (Å²) in [6, 6.07) is 16.6. The normalized spacial score (nSPS) is 12.1. The van der Waals surface area contributed by atoms with Crippen LogP contribution < -0.4 is 9.62 Å². The van der Waals surface area contributed by atoms with Crippen molar-refractivity contribution in [2.24, 2.45) is 0 Å². The smallest absolute Gasteiger partial charge is 0.264 e. The van der Waals surface area contributed by atoms with Crippen LogP contribution in [0.25, 0.3) is 0 Å². The average molecular weight is 568 g/mol. The lowest BCUT2D eigenvalue weighted by Crippen LogP contribution is -2.52. The fraction of sp³-hybridized carbons (Fsp3) is 0.355. The van der Waals surface area contributed by atoms with Crippen molar-refractivity contribution in [3.8, 4) is 0 Å². The van der Waals surface area contributed by atoms with E-state index in [1.807, 2.05) is 33.8 Å². The van der Waals surface area contributed by atoms with E-state index in [0.29, 0.717) is 24.2 Å². The van der Waals surface area contributed by atoms with Crippen LogP contribution in [-0.2, 0) is 26.2 Å². The first-order valence-electron chi connectivity index (χ1n) is 13.5. The Bertz CT molecular complexity index is 1420. The maximum atomic E-state index is 14.1. The first-order valence-corrected chi connectivity index (χ1v) is 14.9. The maximum absolute atomic E-state index is 14.1. The monoisotopic (exact) mass is 567 g/mol. The van der Waals surface area contributed by atoms with Gasteiger partial charge >= 0.3 is 0 Å². The molecule has 214 valence electrons. The molecule has 0 bridgehead atoms. The molecule has 2 amide bonds. The molecule has 1 unspecified atom stereocenters. The number of carbonyl (C=O) groups is 2. The molecule has 40 heavy (non-hydrogen) atoms. The highest BCUT2D eigenvalue weighted by Gasteiger charge is 2.34. The van der Waals surface area contributed by atoms with Gasteiger partial charge in [0.2, 0.25) is 11.8 Å². The Hall–Kier alpha value is -3.72. The summed E-state index contributed by atoms with van der Waals surface area (Å²) in [5.74, 6) is -1.28. The van der Waals surface area contributed by atoms with E-state index in [2.05, 4.69) is 5.32 Å². The van der Waals surface area contributed by atoms with Crippen molar-refractivity contribution >= 4 is 27.5 Å². The number of halogens is 1. The zero-order valence-electron chi connectivity index (χ0n) is 23.8. The van der Waals surface area contributed by atoms with Crippen LogP contribution in [0.4, 0.5) is 10.1 Å². The quantitative estimate of drug-likeness (QED) is 0.323. The zero-order chi connectivity index (χ0) is 29.4. The molecule has 0 radical (unpaired) electrons. The number of nitrogens with one attached hydrogen (secondary N) is 1. The molecule has 3 rings (SSSR count). The van der Waals surface area contributed by atoms with Crippen molar-refractivity contribution in [3.63, 3.8) is 0 Å². The van der Waals surface area contributed by atoms with Crippen LogP contribution in [-0.4, -0.2) is 44.3 Å². The second-order valence-electron chi connectivity index (χ2n) is 9.91. The zero-order valence-corrected chi connectivity index (χ0v) is 24.6. The highest BCUT2D eigenvalue weighted by molar-refractivity contribution is 7.92. The molecular weight excluding hydrogens is 529 g/mol. The number of benzene rings is 3. The summed E-state index contributed by atoms with van der Waals surface area (Å²) in [5.41, 5.74) is 3.52. The van der Waals surface area contributed by atoms with Gasteiger partial charge < -0.3 is 10.2 Å². The lowest BCUT2D eigenvalue weighted by Gasteiger charge is -2.33. The van der Waals surface area contributed by atoms with Crippen LogP contribution in [0.5, 0.6) is 0 Å². The van der Waals surface area contributed by atoms with Crippen molar-refractivity contribution in [2.45, 2.75) is 64.9 Å². The summed E-state index contributed by atoms with van der Waals surface area (Å²) in [5, 5.41) is 2.85. The molecule has 1 N–H and O–H groups in total. The fourth-order valence-corrected chi connectivity index (χ4v) is 5.90. The summed E-state index contributed by atoms with van der Waals surface area (Å²) < 4.78 is 42.7. The second-order valence-corrected chi connectivity index (χ2v) is 11.8. The highest BCUT2D eigenvalue weighted by atomic mass is 32.2. The minimum absolute atomic E-state index is 0.0163. The topological polar surface area (TPSA) is 86.8 Å². The standard InChI is InChI=1S/C31H38FN3O4S/c1-6-19-33-31(37)28(7-2)34(20-25-13-15-26(32)16-14-25)30(36)21-35(29-10-8-9-23(4)24(29)5)40(38,39)27-17-11-22(3)12-18-27/h8-18,28H,6-7,19-21H2,1-5H3,(H,33,37). The molecule has 0 aliphatic rings. The number of hydrogen-bond donors (Lipinski definition) is 1. The van der Waals surface area contributed by atoms with Crippen molar-refractivity contribution < 1.29 is 22.4 Å². The fourth-order valence-electron chi connectivity index (χ4n) is 4.43. The third-order valence-corrected chi connectivity index (χ3v) is 8.71. The Morgan fingerprint density at radius 3 is 2.17 bits per heavy atom. The molecule has 0 aromatic heterocycles. The Morgan fingerprint density at radius 1 is 0.925 bits per heavy atom. The lowest BCUT2D eigenvalue weighted by atomic mass is 10.1. The van der Waals surface area contributed by atoms with Gasteiger partial charge in [0.15, 0.2) is 0 Å². The van der Waals surface area contributed by atoms with Crippen LogP contribution in [0.1, 0.15) is 48.9 Å². The first-order chi connectivity index (χ1) is 19.0. The number of sulfonamides is 1. The molecule has 9 heteroatoms. The Kier molecular flexibility index (Phi) is 10.5. The van der Waals surface area contributed by atoms with Gasteiger partial charge in [0.25, 0.3) is 10.0 Å². The molecule has 0 heterocycles. The molecule has 7 nitrogen and oxygen atoms in total. The van der Waals surface area contributed by atoms with E-state index in [4.69, 9.17) is 0 Å². The van der Waals surface area contributed by atoms with Crippen LogP contribution in [0, 0.1) is 26.6 Å². The van der Waals surface area contributed by atoms with E-state index >= 15 is 0 Å². The largest absolute Gasteiger partial charge is 0.354 e. The van der Waals surface area contributed by atoms with Crippen LogP contribution in [0.3, 0.4) is 0 Å². The number of aryl methyl sites for hydroxylation is 2. The van der Waals surface area contributed by atoms with Gasteiger partial charge in [0, 0.05) is 13.1 Å². The summed E-state index contributed by atoms with van der Waals surface area (Å²) in [6.07, 6.45) is 1.04. The van der Waals surface area contributed by atoms with Gasteiger partial charge in [-0.15, -0.1) is 0 Å². The predicted octanol–water partition coefficient (Wildman–Crippen LogP) is 5.28. The molecular formula is C31H38FN3O4S. The molecule has 0 fully saturated rings. The Labute approximate surface area is 237 Å². The summed E-state index contributed by atoms with van der Waals surface area (Å²) in [7, 11) is -4.15. The van der Waals surface area contributed by atoms with Gasteiger partial charge in [-0.25, -0.2) is 12.8 Å². The molecule has 3 aromatic rings. The summed E-state index contributed by atoms with van der Waals surface area (Å²) in [6.45, 7) is 9.24. The minimum Gasteiger partial charge on any atom is -0.354 e. The molecule has 0 saturated carbocycles. The number of nitrogens with zero attached hydrogens (tertiary/aromatic N) is 2. The van der Waals surface area contributed by atoms with Gasteiger partial charge in [0.05, 0.1) is 10.6 Å². The molecule has 3 aromatic carbocycles. The molecule has 0 spiro atoms. The number of anilines is 1. The van der Waals surface area contributed by atoms with E-state index in [0.717, 1.165) is 27.4 Å². The minimum atomic E-state index is -4.15. The van der Waals surface area contributed by atoms with Crippen LogP contribution >= 0.6 is 0 Å². The molecule has 0 aliphatic heterocycles. The molecule has 1 atom stereocenters. The predicted molar refractivity (Wildman–Crippen MR) is 156 cm³/mol. The van der Waals surface area contributed by atoms with Crippen LogP contribution in [0.15, 0.2) is 71.6 Å². The second kappa shape index (κ2) is 13.6. The first kappa shape index (κ1) is 30.8. The molecule has 0 aliphatic carbocycles. The van der Waals surface area contributed by atoms with Gasteiger partial charge in [-0.05, 0) is 80.6 Å². The number of hydrogen-bond acceptors (Lipinski definition) is 4. The van der Waals surface area contributed by atoms with Gasteiger partial charge in [-0.2, -0.15) is 0 Å². The lowest BCUT2D eigenvalue weighted by molar-refractivity contribution is -0.140. The highest BCUT2D eigenvalue weighted by Crippen LogP contribution is 2.29. The number of rotatable bonds is 12. The van der Waals surface area contributed by atoms with E-state index < -0.39 is 34.3 Å². The van der Waals surface area contributed by atoms with E-state index in [9.17, 15) is 22.4 Å². The van der Waals surface area contributed by atoms with Crippen LogP contribution in [0.2, 0.25) is 0 Å². The number of amides is 2. The maximum Gasteiger partial charge on any atom is 0.264 e. The Balaban J connectivity index is 2.09. The SMILES string of the molecule is CCCNC(=O)C(CC)N(Cc1ccc(F)cc1)C(=O)CN(c1cccc(C)c1C)S(=O)(=O)c1ccc(C)cc1. The third-order valence-electron chi connectivity index (χ3n) is 6.93. The summed E-state index contributed by atoms with van der Waals surface area (Å²) >= 11 is 0. The van der Waals surface area contributed by atoms with Gasteiger partial charge in [-0.3, -0.25) is 13.9 Å². The third kappa shape index (κ3) is 7.27. The van der Waals surface area contributed by atoms with Crippen molar-refractivity contribution in [2.75, 3.05) is 17.4 Å². The molecule has 0 saturated heterocycles. The van der Waals surface area contributed by atoms with E-state index in [1.165, 1.54) is 29.2 Å². The van der Waals surface area contributed by atoms with Crippen molar-refractivity contribution in [3.05, 3.63) is 94.8 Å². The van der Waals surface area contributed by atoms with Crippen molar-refractivity contribution in [1.29, 1.82) is 0 Å². The van der Waals surface area contributed by atoms with Gasteiger partial charge in [-0.1, -0.05) is 55.8 Å². The van der Waals surface area contributed by atoms with Gasteiger partial charge in [0.1, 0.15) is 18.4 Å². The summed E-state index contributed by atoms with van der Waals surface area (Å²) in [4.78, 5) is 28.7. The van der Waals surface area contributed by atoms with E-state index in [-0.39, 0.29) is 17.3 Å². The van der Waals surface area contributed by atoms with Crippen molar-refractivity contribution in [1.82, 2.24) is 10.2 Å². The average Bonchev–Trinajstić information content (AvgIpc) is 2.93.